The Labute approximate surface area is 193 Å². The van der Waals surface area contributed by atoms with Crippen molar-refractivity contribution in [1.82, 2.24) is 14.3 Å². The van der Waals surface area contributed by atoms with Crippen LogP contribution < -0.4 is 10.2 Å². The van der Waals surface area contributed by atoms with Crippen LogP contribution in [0.15, 0.2) is 59.2 Å². The smallest absolute Gasteiger partial charge is 0.321 e. The molecule has 0 unspecified atom stereocenters. The van der Waals surface area contributed by atoms with Gasteiger partial charge in [-0.15, -0.1) is 0 Å². The molecule has 4 aromatic rings. The Morgan fingerprint density at radius 3 is 2.78 bits per heavy atom. The molecule has 0 atom stereocenters. The quantitative estimate of drug-likeness (QED) is 0.402. The lowest BCUT2D eigenvalue weighted by atomic mass is 10.2. The third-order valence-electron chi connectivity index (χ3n) is 5.91. The molecule has 5 rings (SSSR count). The molecule has 164 valence electrons. The van der Waals surface area contributed by atoms with Gasteiger partial charge in [0.2, 0.25) is 0 Å². The van der Waals surface area contributed by atoms with Crippen LogP contribution >= 0.6 is 15.9 Å². The summed E-state index contributed by atoms with van der Waals surface area (Å²) in [5, 5.41) is 2.82. The van der Waals surface area contributed by atoms with E-state index in [-0.39, 0.29) is 11.8 Å². The average molecular weight is 496 g/mol. The van der Waals surface area contributed by atoms with Crippen LogP contribution in [0.1, 0.15) is 12.0 Å². The van der Waals surface area contributed by atoms with Crippen molar-refractivity contribution in [3.63, 3.8) is 0 Å². The summed E-state index contributed by atoms with van der Waals surface area (Å²) in [5.41, 5.74) is 4.04. The number of halogens is 2. The van der Waals surface area contributed by atoms with Gasteiger partial charge in [-0.25, -0.2) is 14.2 Å². The van der Waals surface area contributed by atoms with Gasteiger partial charge in [0.25, 0.3) is 0 Å². The number of nitrogens with one attached hydrogen (secondary N) is 1. The second kappa shape index (κ2) is 8.43. The highest BCUT2D eigenvalue weighted by atomic mass is 79.9. The second-order valence-corrected chi connectivity index (χ2v) is 8.97. The van der Waals surface area contributed by atoms with Gasteiger partial charge in [-0.05, 0) is 61.4 Å². The maximum Gasteiger partial charge on any atom is 0.321 e. The molecule has 32 heavy (non-hydrogen) atoms. The number of aryl methyl sites for hydroxylation is 1. The van der Waals surface area contributed by atoms with Crippen molar-refractivity contribution in [1.29, 1.82) is 0 Å². The highest BCUT2D eigenvalue weighted by Gasteiger charge is 2.22. The molecule has 8 heteroatoms. The zero-order chi connectivity index (χ0) is 22.2. The minimum absolute atomic E-state index is 0.210. The van der Waals surface area contributed by atoms with Crippen LogP contribution in [0.3, 0.4) is 0 Å². The van der Waals surface area contributed by atoms with Crippen LogP contribution in [-0.4, -0.2) is 46.5 Å². The van der Waals surface area contributed by atoms with Gasteiger partial charge in [0.15, 0.2) is 5.82 Å². The molecule has 0 saturated carbocycles. The standard InChI is InChI=1S/C24H23BrFN5O/c1-16-5-7-18(15-19(16)26)27-24(32)30-10-3-9-29(12-13-30)23-22-4-2-11-31(22)21-8-6-17(25)14-20(21)28-23/h2,4-8,11,14-15H,3,9-10,12-13H2,1H3,(H,27,32). The zero-order valence-electron chi connectivity index (χ0n) is 17.7. The highest BCUT2D eigenvalue weighted by molar-refractivity contribution is 9.10. The number of carbonyl (C=O) groups excluding carboxylic acids is 1. The monoisotopic (exact) mass is 495 g/mol. The molecule has 2 aromatic heterocycles. The first kappa shape index (κ1) is 20.8. The van der Waals surface area contributed by atoms with Crippen molar-refractivity contribution in [3.8, 4) is 0 Å². The molecule has 1 N–H and O–H groups in total. The highest BCUT2D eigenvalue weighted by Crippen LogP contribution is 2.28. The molecule has 1 aliphatic rings. The number of anilines is 2. The van der Waals surface area contributed by atoms with Crippen LogP contribution in [0.5, 0.6) is 0 Å². The molecule has 0 aliphatic carbocycles. The predicted molar refractivity (Wildman–Crippen MR) is 129 cm³/mol. The lowest BCUT2D eigenvalue weighted by Gasteiger charge is -2.24. The van der Waals surface area contributed by atoms with Crippen molar-refractivity contribution < 1.29 is 9.18 Å². The maximum atomic E-state index is 13.8. The number of rotatable bonds is 2. The van der Waals surface area contributed by atoms with E-state index < -0.39 is 0 Å². The van der Waals surface area contributed by atoms with Crippen molar-refractivity contribution in [3.05, 3.63) is 70.6 Å². The Bertz CT molecular complexity index is 1320. The maximum absolute atomic E-state index is 13.8. The lowest BCUT2D eigenvalue weighted by Crippen LogP contribution is -2.38. The Hall–Kier alpha value is -3.13. The van der Waals surface area contributed by atoms with E-state index in [4.69, 9.17) is 4.98 Å². The van der Waals surface area contributed by atoms with Crippen molar-refractivity contribution in [2.45, 2.75) is 13.3 Å². The summed E-state index contributed by atoms with van der Waals surface area (Å²) in [6.07, 6.45) is 2.87. The van der Waals surface area contributed by atoms with Gasteiger partial charge in [-0.3, -0.25) is 0 Å². The molecule has 0 radical (unpaired) electrons. The molecule has 3 heterocycles. The Kier molecular flexibility index (Phi) is 5.46. The molecule has 1 fully saturated rings. The van der Waals surface area contributed by atoms with Crippen molar-refractivity contribution in [2.75, 3.05) is 36.4 Å². The molecular weight excluding hydrogens is 473 g/mol. The first-order valence-corrected chi connectivity index (χ1v) is 11.4. The molecule has 0 spiro atoms. The molecule has 2 aromatic carbocycles. The van der Waals surface area contributed by atoms with Gasteiger partial charge in [-0.2, -0.15) is 0 Å². The molecule has 6 nitrogen and oxygen atoms in total. The molecule has 0 bridgehead atoms. The molecule has 1 aliphatic heterocycles. The topological polar surface area (TPSA) is 52.9 Å². The fourth-order valence-electron chi connectivity index (χ4n) is 4.17. The van der Waals surface area contributed by atoms with Crippen LogP contribution in [0.2, 0.25) is 0 Å². The van der Waals surface area contributed by atoms with E-state index in [1.807, 2.05) is 18.2 Å². The van der Waals surface area contributed by atoms with Gasteiger partial charge in [0.1, 0.15) is 5.82 Å². The number of aromatic nitrogens is 2. The van der Waals surface area contributed by atoms with Crippen molar-refractivity contribution >= 4 is 50.0 Å². The van der Waals surface area contributed by atoms with Crippen molar-refractivity contribution in [2.24, 2.45) is 0 Å². The van der Waals surface area contributed by atoms with Gasteiger partial charge < -0.3 is 19.5 Å². The van der Waals surface area contributed by atoms with E-state index >= 15 is 0 Å². The van der Waals surface area contributed by atoms with E-state index in [1.165, 1.54) is 6.07 Å². The minimum Gasteiger partial charge on any atom is -0.353 e. The van der Waals surface area contributed by atoms with Crippen LogP contribution in [0.4, 0.5) is 20.7 Å². The summed E-state index contributed by atoms with van der Waals surface area (Å²) in [6.45, 7) is 4.36. The average Bonchev–Trinajstić information content (AvgIpc) is 3.13. The third kappa shape index (κ3) is 3.90. The Morgan fingerprint density at radius 2 is 1.94 bits per heavy atom. The fourth-order valence-corrected chi connectivity index (χ4v) is 4.52. The first-order chi connectivity index (χ1) is 15.5. The first-order valence-electron chi connectivity index (χ1n) is 10.6. The second-order valence-electron chi connectivity index (χ2n) is 8.05. The fraction of sp³-hybridized carbons (Fsp3) is 0.250. The number of fused-ring (bicyclic) bond motifs is 3. The van der Waals surface area contributed by atoms with E-state index in [2.05, 4.69) is 48.9 Å². The number of benzene rings is 2. The number of hydrogen-bond donors (Lipinski definition) is 1. The molecule has 1 saturated heterocycles. The SMILES string of the molecule is Cc1ccc(NC(=O)N2CCCN(c3nc4cc(Br)ccc4n4cccc34)CC2)cc1F. The Morgan fingerprint density at radius 1 is 1.06 bits per heavy atom. The summed E-state index contributed by atoms with van der Waals surface area (Å²) in [6, 6.07) is 14.7. The summed E-state index contributed by atoms with van der Waals surface area (Å²) >= 11 is 3.54. The lowest BCUT2D eigenvalue weighted by molar-refractivity contribution is 0.215. The summed E-state index contributed by atoms with van der Waals surface area (Å²) in [7, 11) is 0. The number of nitrogens with zero attached hydrogens (tertiary/aromatic N) is 4. The number of carbonyl (C=O) groups is 1. The van der Waals surface area contributed by atoms with E-state index in [0.717, 1.165) is 39.8 Å². The van der Waals surface area contributed by atoms with E-state index in [0.29, 0.717) is 30.9 Å². The van der Waals surface area contributed by atoms with Gasteiger partial charge in [-0.1, -0.05) is 22.0 Å². The minimum atomic E-state index is -0.324. The van der Waals surface area contributed by atoms with Crippen LogP contribution in [0, 0.1) is 12.7 Å². The Balaban J connectivity index is 1.37. The largest absolute Gasteiger partial charge is 0.353 e. The summed E-state index contributed by atoms with van der Waals surface area (Å²) in [5.74, 6) is 0.596. The number of urea groups is 1. The number of amides is 2. The van der Waals surface area contributed by atoms with Gasteiger partial charge in [0.05, 0.1) is 16.6 Å². The van der Waals surface area contributed by atoms with E-state index in [9.17, 15) is 9.18 Å². The van der Waals surface area contributed by atoms with Crippen LogP contribution in [0.25, 0.3) is 16.6 Å². The van der Waals surface area contributed by atoms with Crippen LogP contribution in [-0.2, 0) is 0 Å². The van der Waals surface area contributed by atoms with Gasteiger partial charge >= 0.3 is 6.03 Å². The predicted octanol–water partition coefficient (Wildman–Crippen LogP) is 5.44. The zero-order valence-corrected chi connectivity index (χ0v) is 19.3. The van der Waals surface area contributed by atoms with E-state index in [1.54, 1.807) is 24.0 Å². The third-order valence-corrected chi connectivity index (χ3v) is 6.40. The molecular formula is C24H23BrFN5O. The number of hydrogen-bond acceptors (Lipinski definition) is 3. The molecule has 2 amide bonds. The summed E-state index contributed by atoms with van der Waals surface area (Å²) in [4.78, 5) is 21.8. The summed E-state index contributed by atoms with van der Waals surface area (Å²) < 4.78 is 17.0. The van der Waals surface area contributed by atoms with Gasteiger partial charge in [0, 0.05) is 42.5 Å². The normalized spacial score (nSPS) is 14.7.